The number of rotatable bonds is 5. The Balaban J connectivity index is 1.98. The van der Waals surface area contributed by atoms with E-state index in [2.05, 4.69) is 24.3 Å². The normalized spacial score (nSPS) is 17.9. The van der Waals surface area contributed by atoms with Crippen LogP contribution in [-0.2, 0) is 9.53 Å². The van der Waals surface area contributed by atoms with Crippen molar-refractivity contribution in [3.8, 4) is 0 Å². The van der Waals surface area contributed by atoms with Crippen molar-refractivity contribution in [2.75, 3.05) is 6.61 Å². The van der Waals surface area contributed by atoms with Gasteiger partial charge in [-0.1, -0.05) is 62.4 Å². The number of hydrogen-bond acceptors (Lipinski definition) is 2. The van der Waals surface area contributed by atoms with Gasteiger partial charge in [-0.25, -0.2) is 0 Å². The molecule has 1 aromatic carbocycles. The van der Waals surface area contributed by atoms with Crippen LogP contribution in [0.1, 0.15) is 56.9 Å². The zero-order chi connectivity index (χ0) is 13.5. The topological polar surface area (TPSA) is 26.3 Å². The molecule has 0 spiro atoms. The molecule has 0 radical (unpaired) electrons. The van der Waals surface area contributed by atoms with Gasteiger partial charge in [-0.05, 0) is 17.9 Å². The Bertz CT molecular complexity index is 380. The van der Waals surface area contributed by atoms with Crippen molar-refractivity contribution in [2.45, 2.75) is 51.4 Å². The summed E-state index contributed by atoms with van der Waals surface area (Å²) in [6, 6.07) is 10.5. The van der Waals surface area contributed by atoms with Gasteiger partial charge in [0.25, 0.3) is 0 Å². The summed E-state index contributed by atoms with van der Waals surface area (Å²) in [4.78, 5) is 11.0. The summed E-state index contributed by atoms with van der Waals surface area (Å²) in [5.41, 5.74) is 1.30. The second kappa shape index (κ2) is 7.32. The fourth-order valence-corrected chi connectivity index (χ4v) is 3.07. The molecule has 1 aliphatic carbocycles. The Kier molecular flexibility index (Phi) is 5.44. The number of carbonyl (C=O) groups is 1. The number of benzene rings is 1. The van der Waals surface area contributed by atoms with Gasteiger partial charge in [-0.15, -0.1) is 0 Å². The molecule has 1 saturated carbocycles. The minimum Gasteiger partial charge on any atom is -0.465 e. The Morgan fingerprint density at radius 1 is 1.21 bits per heavy atom. The van der Waals surface area contributed by atoms with Crippen molar-refractivity contribution in [2.24, 2.45) is 5.92 Å². The first-order valence-corrected chi connectivity index (χ1v) is 7.44. The summed E-state index contributed by atoms with van der Waals surface area (Å²) in [5.74, 6) is 0.979. The van der Waals surface area contributed by atoms with E-state index in [1.165, 1.54) is 44.6 Å². The van der Waals surface area contributed by atoms with Crippen molar-refractivity contribution in [3.05, 3.63) is 35.9 Å². The standard InChI is InChI=1S/C17H24O2/c1-14(18)19-13-17(16-10-6-3-7-11-16)12-15-8-4-2-5-9-15/h3,6-7,10-11,15,17H,2,4-5,8-9,12-13H2,1H3/t17-/m0/s1. The first kappa shape index (κ1) is 14.1. The molecule has 1 aliphatic rings. The van der Waals surface area contributed by atoms with Crippen LogP contribution >= 0.6 is 0 Å². The maximum absolute atomic E-state index is 11.0. The zero-order valence-electron chi connectivity index (χ0n) is 11.8. The highest BCUT2D eigenvalue weighted by Gasteiger charge is 2.21. The molecule has 104 valence electrons. The van der Waals surface area contributed by atoms with Gasteiger partial charge in [0.2, 0.25) is 0 Å². The third-order valence-corrected chi connectivity index (χ3v) is 4.10. The minimum absolute atomic E-state index is 0.176. The molecule has 2 rings (SSSR count). The number of carbonyl (C=O) groups excluding carboxylic acids is 1. The van der Waals surface area contributed by atoms with E-state index in [0.717, 1.165) is 12.3 Å². The first-order chi connectivity index (χ1) is 9.25. The van der Waals surface area contributed by atoms with E-state index in [0.29, 0.717) is 12.5 Å². The van der Waals surface area contributed by atoms with Crippen LogP contribution in [0.2, 0.25) is 0 Å². The summed E-state index contributed by atoms with van der Waals surface area (Å²) in [5, 5.41) is 0. The van der Waals surface area contributed by atoms with E-state index in [1.807, 2.05) is 6.07 Å². The molecule has 1 aromatic rings. The second-order valence-electron chi connectivity index (χ2n) is 5.65. The van der Waals surface area contributed by atoms with Crippen LogP contribution in [-0.4, -0.2) is 12.6 Å². The molecular weight excluding hydrogens is 236 g/mol. The molecule has 0 aliphatic heterocycles. The van der Waals surface area contributed by atoms with Crippen LogP contribution in [0, 0.1) is 5.92 Å². The molecule has 0 unspecified atom stereocenters. The smallest absolute Gasteiger partial charge is 0.302 e. The van der Waals surface area contributed by atoms with E-state index in [1.54, 1.807) is 0 Å². The van der Waals surface area contributed by atoms with Gasteiger partial charge >= 0.3 is 5.97 Å². The number of ether oxygens (including phenoxy) is 1. The number of esters is 1. The summed E-state index contributed by atoms with van der Waals surface area (Å²) in [7, 11) is 0. The van der Waals surface area contributed by atoms with Gasteiger partial charge in [0, 0.05) is 12.8 Å². The predicted octanol–water partition coefficient (Wildman–Crippen LogP) is 4.30. The van der Waals surface area contributed by atoms with Crippen molar-refractivity contribution in [1.29, 1.82) is 0 Å². The van der Waals surface area contributed by atoms with E-state index in [4.69, 9.17) is 4.74 Å². The van der Waals surface area contributed by atoms with E-state index in [-0.39, 0.29) is 5.97 Å². The van der Waals surface area contributed by atoms with E-state index < -0.39 is 0 Å². The Morgan fingerprint density at radius 3 is 2.53 bits per heavy atom. The van der Waals surface area contributed by atoms with Crippen molar-refractivity contribution < 1.29 is 9.53 Å². The van der Waals surface area contributed by atoms with Crippen LogP contribution in [0.4, 0.5) is 0 Å². The highest BCUT2D eigenvalue weighted by molar-refractivity contribution is 5.65. The summed E-state index contributed by atoms with van der Waals surface area (Å²) >= 11 is 0. The van der Waals surface area contributed by atoms with Gasteiger partial charge < -0.3 is 4.74 Å². The van der Waals surface area contributed by atoms with E-state index >= 15 is 0 Å². The van der Waals surface area contributed by atoms with Gasteiger partial charge in [0.1, 0.15) is 0 Å². The second-order valence-corrected chi connectivity index (χ2v) is 5.65. The molecule has 0 bridgehead atoms. The quantitative estimate of drug-likeness (QED) is 0.738. The highest BCUT2D eigenvalue weighted by Crippen LogP contribution is 2.33. The lowest BCUT2D eigenvalue weighted by atomic mass is 9.81. The molecule has 0 heterocycles. The fraction of sp³-hybridized carbons (Fsp3) is 0.588. The monoisotopic (exact) mass is 260 g/mol. The first-order valence-electron chi connectivity index (χ1n) is 7.44. The Labute approximate surface area is 116 Å². The van der Waals surface area contributed by atoms with Crippen molar-refractivity contribution >= 4 is 5.97 Å². The summed E-state index contributed by atoms with van der Waals surface area (Å²) in [6.07, 6.45) is 7.93. The van der Waals surface area contributed by atoms with Gasteiger partial charge in [0.15, 0.2) is 0 Å². The maximum atomic E-state index is 11.0. The van der Waals surface area contributed by atoms with Crippen LogP contribution in [0.3, 0.4) is 0 Å². The molecule has 1 atom stereocenters. The highest BCUT2D eigenvalue weighted by atomic mass is 16.5. The van der Waals surface area contributed by atoms with Crippen molar-refractivity contribution in [1.82, 2.24) is 0 Å². The van der Waals surface area contributed by atoms with Crippen molar-refractivity contribution in [3.63, 3.8) is 0 Å². The molecule has 2 nitrogen and oxygen atoms in total. The third kappa shape index (κ3) is 4.70. The molecule has 19 heavy (non-hydrogen) atoms. The van der Waals surface area contributed by atoms with Crippen LogP contribution < -0.4 is 0 Å². The number of hydrogen-bond donors (Lipinski definition) is 0. The van der Waals surface area contributed by atoms with Gasteiger partial charge in [-0.3, -0.25) is 4.79 Å². The van der Waals surface area contributed by atoms with Crippen LogP contribution in [0.25, 0.3) is 0 Å². The minimum atomic E-state index is -0.176. The fourth-order valence-electron chi connectivity index (χ4n) is 3.07. The average Bonchev–Trinajstić information content (AvgIpc) is 2.45. The van der Waals surface area contributed by atoms with Gasteiger partial charge in [0.05, 0.1) is 6.61 Å². The lowest BCUT2D eigenvalue weighted by Gasteiger charge is -2.26. The Morgan fingerprint density at radius 2 is 1.89 bits per heavy atom. The predicted molar refractivity (Wildman–Crippen MR) is 77.0 cm³/mol. The summed E-state index contributed by atoms with van der Waals surface area (Å²) in [6.45, 7) is 2.01. The largest absolute Gasteiger partial charge is 0.465 e. The molecule has 0 amide bonds. The van der Waals surface area contributed by atoms with E-state index in [9.17, 15) is 4.79 Å². The molecule has 2 heteroatoms. The third-order valence-electron chi connectivity index (χ3n) is 4.10. The lowest BCUT2D eigenvalue weighted by Crippen LogP contribution is -2.16. The average molecular weight is 260 g/mol. The molecule has 1 fully saturated rings. The molecule has 0 saturated heterocycles. The molecule has 0 N–H and O–H groups in total. The lowest BCUT2D eigenvalue weighted by molar-refractivity contribution is -0.141. The van der Waals surface area contributed by atoms with Gasteiger partial charge in [-0.2, -0.15) is 0 Å². The SMILES string of the molecule is CC(=O)OC[C@H](CC1CCCCC1)c1ccccc1. The molecular formula is C17H24O2. The molecule has 0 aromatic heterocycles. The summed E-state index contributed by atoms with van der Waals surface area (Å²) < 4.78 is 5.26. The van der Waals surface area contributed by atoms with Crippen LogP contribution in [0.15, 0.2) is 30.3 Å². The zero-order valence-corrected chi connectivity index (χ0v) is 11.8. The Hall–Kier alpha value is -1.31. The van der Waals surface area contributed by atoms with Crippen LogP contribution in [0.5, 0.6) is 0 Å². The maximum Gasteiger partial charge on any atom is 0.302 e.